The van der Waals surface area contributed by atoms with Gasteiger partial charge >= 0.3 is 0 Å². The van der Waals surface area contributed by atoms with E-state index in [1.165, 1.54) is 11.0 Å². The molecule has 2 amide bonds. The van der Waals surface area contributed by atoms with Gasteiger partial charge in [0.05, 0.1) is 0 Å². The Bertz CT molecular complexity index is 337. The van der Waals surface area contributed by atoms with Crippen molar-refractivity contribution in [3.8, 4) is 0 Å². The zero-order chi connectivity index (χ0) is 10.5. The van der Waals surface area contributed by atoms with E-state index in [9.17, 15) is 9.59 Å². The summed E-state index contributed by atoms with van der Waals surface area (Å²) in [5.41, 5.74) is 0.256. The predicted molar refractivity (Wildman–Crippen MR) is 52.4 cm³/mol. The SMILES string of the molecule is CC1=CC(=O)N(C(C)(C)C2CC2)C1=O. The largest absolute Gasteiger partial charge is 0.269 e. The van der Waals surface area contributed by atoms with E-state index in [0.29, 0.717) is 11.5 Å². The molecule has 3 heteroatoms. The van der Waals surface area contributed by atoms with Crippen molar-refractivity contribution in [2.75, 3.05) is 0 Å². The molecule has 0 aromatic heterocycles. The minimum absolute atomic E-state index is 0.119. The van der Waals surface area contributed by atoms with Crippen LogP contribution in [0.15, 0.2) is 11.6 Å². The van der Waals surface area contributed by atoms with Gasteiger partial charge in [0.2, 0.25) is 0 Å². The number of rotatable bonds is 2. The molecule has 1 aliphatic carbocycles. The number of imide groups is 1. The Morgan fingerprint density at radius 2 is 1.93 bits per heavy atom. The maximum atomic E-state index is 11.7. The van der Waals surface area contributed by atoms with Gasteiger partial charge in [-0.25, -0.2) is 0 Å². The number of amides is 2. The second-order valence-corrected chi connectivity index (χ2v) is 4.73. The van der Waals surface area contributed by atoms with E-state index >= 15 is 0 Å². The maximum Gasteiger partial charge on any atom is 0.257 e. The number of carbonyl (C=O) groups is 2. The summed E-state index contributed by atoms with van der Waals surface area (Å²) in [6.07, 6.45) is 3.69. The lowest BCUT2D eigenvalue weighted by Gasteiger charge is -2.34. The van der Waals surface area contributed by atoms with E-state index in [-0.39, 0.29) is 17.4 Å². The first-order chi connectivity index (χ1) is 6.44. The molecule has 1 fully saturated rings. The summed E-state index contributed by atoms with van der Waals surface area (Å²) in [5.74, 6) is 0.228. The molecule has 1 aliphatic heterocycles. The van der Waals surface area contributed by atoms with Crippen LogP contribution in [-0.4, -0.2) is 22.3 Å². The zero-order valence-electron chi connectivity index (χ0n) is 8.83. The van der Waals surface area contributed by atoms with Crippen molar-refractivity contribution >= 4 is 11.8 Å². The van der Waals surface area contributed by atoms with Crippen molar-refractivity contribution in [3.63, 3.8) is 0 Å². The normalized spacial score (nSPS) is 23.1. The van der Waals surface area contributed by atoms with Crippen molar-refractivity contribution < 1.29 is 9.59 Å². The molecule has 0 bridgehead atoms. The van der Waals surface area contributed by atoms with Gasteiger partial charge in [-0.3, -0.25) is 14.5 Å². The monoisotopic (exact) mass is 193 g/mol. The Hall–Kier alpha value is -1.12. The van der Waals surface area contributed by atoms with Gasteiger partial charge in [-0.15, -0.1) is 0 Å². The van der Waals surface area contributed by atoms with E-state index in [0.717, 1.165) is 12.8 Å². The standard InChI is InChI=1S/C11H15NO2/c1-7-6-9(13)12(10(7)14)11(2,3)8-4-5-8/h6,8H,4-5H2,1-3H3. The Kier molecular flexibility index (Phi) is 1.81. The Labute approximate surface area is 83.8 Å². The molecule has 1 heterocycles. The molecule has 2 rings (SSSR count). The van der Waals surface area contributed by atoms with Crippen molar-refractivity contribution in [1.29, 1.82) is 0 Å². The number of hydrogen-bond donors (Lipinski definition) is 0. The molecule has 1 saturated carbocycles. The molecule has 76 valence electrons. The maximum absolute atomic E-state index is 11.7. The first kappa shape index (κ1) is 9.44. The Morgan fingerprint density at radius 1 is 1.36 bits per heavy atom. The lowest BCUT2D eigenvalue weighted by molar-refractivity contribution is -0.144. The first-order valence-electron chi connectivity index (χ1n) is 5.01. The van der Waals surface area contributed by atoms with E-state index in [2.05, 4.69) is 0 Å². The molecule has 14 heavy (non-hydrogen) atoms. The Morgan fingerprint density at radius 3 is 2.29 bits per heavy atom. The Balaban J connectivity index is 2.27. The van der Waals surface area contributed by atoms with Crippen molar-refractivity contribution in [3.05, 3.63) is 11.6 Å². The van der Waals surface area contributed by atoms with Gasteiger partial charge in [0.15, 0.2) is 0 Å². The van der Waals surface area contributed by atoms with Crippen LogP contribution in [0.3, 0.4) is 0 Å². The minimum atomic E-state index is -0.303. The van der Waals surface area contributed by atoms with Crippen molar-refractivity contribution in [2.45, 2.75) is 39.2 Å². The highest BCUT2D eigenvalue weighted by atomic mass is 16.2. The molecule has 0 aromatic rings. The predicted octanol–water partition coefficient (Wildman–Crippen LogP) is 1.49. The third-order valence-electron chi connectivity index (χ3n) is 3.25. The first-order valence-corrected chi connectivity index (χ1v) is 5.01. The summed E-state index contributed by atoms with van der Waals surface area (Å²) < 4.78 is 0. The third kappa shape index (κ3) is 1.19. The van der Waals surface area contributed by atoms with Gasteiger partial charge in [0.1, 0.15) is 0 Å². The van der Waals surface area contributed by atoms with Crippen LogP contribution in [0.2, 0.25) is 0 Å². The second kappa shape index (κ2) is 2.69. The highest BCUT2D eigenvalue weighted by Gasteiger charge is 2.48. The fraction of sp³-hybridized carbons (Fsp3) is 0.636. The average molecular weight is 193 g/mol. The van der Waals surface area contributed by atoms with Gasteiger partial charge < -0.3 is 0 Å². The van der Waals surface area contributed by atoms with Gasteiger partial charge in [-0.2, -0.15) is 0 Å². The molecule has 2 aliphatic rings. The van der Waals surface area contributed by atoms with Gasteiger partial charge in [-0.1, -0.05) is 0 Å². The molecular formula is C11H15NO2. The lowest BCUT2D eigenvalue weighted by atomic mass is 9.96. The molecule has 3 nitrogen and oxygen atoms in total. The van der Waals surface area contributed by atoms with E-state index < -0.39 is 0 Å². The van der Waals surface area contributed by atoms with Crippen LogP contribution in [0.4, 0.5) is 0 Å². The van der Waals surface area contributed by atoms with E-state index in [1.54, 1.807) is 6.92 Å². The summed E-state index contributed by atoms with van der Waals surface area (Å²) in [6.45, 7) is 5.66. The van der Waals surface area contributed by atoms with Crippen LogP contribution in [0.1, 0.15) is 33.6 Å². The number of carbonyl (C=O) groups excluding carboxylic acids is 2. The molecule has 0 spiro atoms. The van der Waals surface area contributed by atoms with Crippen LogP contribution >= 0.6 is 0 Å². The third-order valence-corrected chi connectivity index (χ3v) is 3.25. The van der Waals surface area contributed by atoms with E-state index in [4.69, 9.17) is 0 Å². The quantitative estimate of drug-likeness (QED) is 0.623. The molecule has 0 atom stereocenters. The topological polar surface area (TPSA) is 37.4 Å². The highest BCUT2D eigenvalue weighted by molar-refractivity contribution is 6.16. The summed E-state index contributed by atoms with van der Waals surface area (Å²) >= 11 is 0. The number of hydrogen-bond acceptors (Lipinski definition) is 2. The lowest BCUT2D eigenvalue weighted by Crippen LogP contribution is -2.49. The molecule has 0 unspecified atom stereocenters. The number of nitrogens with zero attached hydrogens (tertiary/aromatic N) is 1. The zero-order valence-corrected chi connectivity index (χ0v) is 8.83. The fourth-order valence-electron chi connectivity index (χ4n) is 2.11. The van der Waals surface area contributed by atoms with Crippen LogP contribution in [0.5, 0.6) is 0 Å². The van der Waals surface area contributed by atoms with Crippen LogP contribution in [-0.2, 0) is 9.59 Å². The highest BCUT2D eigenvalue weighted by Crippen LogP contribution is 2.44. The van der Waals surface area contributed by atoms with Crippen LogP contribution in [0, 0.1) is 5.92 Å². The molecule has 0 N–H and O–H groups in total. The molecule has 0 aromatic carbocycles. The van der Waals surface area contributed by atoms with Crippen LogP contribution < -0.4 is 0 Å². The van der Waals surface area contributed by atoms with Crippen LogP contribution in [0.25, 0.3) is 0 Å². The minimum Gasteiger partial charge on any atom is -0.269 e. The second-order valence-electron chi connectivity index (χ2n) is 4.73. The molecular weight excluding hydrogens is 178 g/mol. The van der Waals surface area contributed by atoms with Crippen molar-refractivity contribution in [2.24, 2.45) is 5.92 Å². The molecule has 0 saturated heterocycles. The fourth-order valence-corrected chi connectivity index (χ4v) is 2.11. The summed E-state index contributed by atoms with van der Waals surface area (Å²) in [5, 5.41) is 0. The summed E-state index contributed by atoms with van der Waals surface area (Å²) in [7, 11) is 0. The smallest absolute Gasteiger partial charge is 0.257 e. The van der Waals surface area contributed by atoms with Gasteiger partial charge in [0.25, 0.3) is 11.8 Å². The molecule has 0 radical (unpaired) electrons. The van der Waals surface area contributed by atoms with E-state index in [1.807, 2.05) is 13.8 Å². The van der Waals surface area contributed by atoms with Gasteiger partial charge in [-0.05, 0) is 39.5 Å². The summed E-state index contributed by atoms with van der Waals surface area (Å²) in [6, 6.07) is 0. The average Bonchev–Trinajstić information content (AvgIpc) is 2.81. The van der Waals surface area contributed by atoms with Gasteiger partial charge in [0, 0.05) is 17.2 Å². The summed E-state index contributed by atoms with van der Waals surface area (Å²) in [4.78, 5) is 24.8. The van der Waals surface area contributed by atoms with Crippen molar-refractivity contribution in [1.82, 2.24) is 4.90 Å².